The molecule has 0 atom stereocenters. The minimum absolute atomic E-state index is 0.0856. The first-order valence-electron chi connectivity index (χ1n) is 8.33. The Labute approximate surface area is 154 Å². The first-order chi connectivity index (χ1) is 11.9. The van der Waals surface area contributed by atoms with Crippen LogP contribution in [0.5, 0.6) is 0 Å². The summed E-state index contributed by atoms with van der Waals surface area (Å²) >= 11 is 1.65. The van der Waals surface area contributed by atoms with Crippen molar-refractivity contribution < 1.29 is 13.2 Å². The van der Waals surface area contributed by atoms with Crippen LogP contribution < -0.4 is 5.43 Å². The topological polar surface area (TPSA) is 78.8 Å². The minimum atomic E-state index is -3.43. The number of amides is 1. The number of benzene rings is 1. The Morgan fingerprint density at radius 2 is 1.92 bits per heavy atom. The summed E-state index contributed by atoms with van der Waals surface area (Å²) in [6, 6.07) is 7.68. The van der Waals surface area contributed by atoms with Crippen molar-refractivity contribution in [1.29, 1.82) is 0 Å². The molecule has 0 spiro atoms. The standard InChI is InChI=1S/C17H25N3O3S2/c1-24-16-10-8-14(9-11-16)12-18-19-17(21)13-20(25(2,22)23)15-6-4-3-5-7-15/h8-12,15H,3-7,13H2,1-2H3,(H,19,21). The highest BCUT2D eigenvalue weighted by atomic mass is 32.2. The fraction of sp³-hybridized carbons (Fsp3) is 0.529. The largest absolute Gasteiger partial charge is 0.272 e. The molecule has 0 saturated heterocycles. The molecule has 1 aromatic rings. The Hall–Kier alpha value is -1.38. The van der Waals surface area contributed by atoms with Crippen LogP contribution in [-0.2, 0) is 14.8 Å². The van der Waals surface area contributed by atoms with E-state index in [-0.39, 0.29) is 12.6 Å². The van der Waals surface area contributed by atoms with Crippen LogP contribution in [0.2, 0.25) is 0 Å². The molecule has 0 unspecified atom stereocenters. The molecule has 1 amide bonds. The van der Waals surface area contributed by atoms with Crippen molar-refractivity contribution >= 4 is 33.9 Å². The van der Waals surface area contributed by atoms with Crippen LogP contribution in [0.3, 0.4) is 0 Å². The van der Waals surface area contributed by atoms with Crippen molar-refractivity contribution in [2.45, 2.75) is 43.0 Å². The van der Waals surface area contributed by atoms with Crippen molar-refractivity contribution in [3.05, 3.63) is 29.8 Å². The molecule has 0 aromatic heterocycles. The van der Waals surface area contributed by atoms with Crippen LogP contribution in [0.4, 0.5) is 0 Å². The van der Waals surface area contributed by atoms with Crippen molar-refractivity contribution in [3.8, 4) is 0 Å². The molecule has 0 aliphatic heterocycles. The Morgan fingerprint density at radius 1 is 1.28 bits per heavy atom. The van der Waals surface area contributed by atoms with Crippen LogP contribution in [-0.4, -0.2) is 49.9 Å². The number of rotatable bonds is 7. The summed E-state index contributed by atoms with van der Waals surface area (Å²) in [6.07, 6.45) is 9.46. The van der Waals surface area contributed by atoms with E-state index in [9.17, 15) is 13.2 Å². The number of hydrazone groups is 1. The first kappa shape index (κ1) is 19.9. The van der Waals surface area contributed by atoms with Gasteiger partial charge in [-0.2, -0.15) is 9.41 Å². The number of nitrogens with zero attached hydrogens (tertiary/aromatic N) is 2. The highest BCUT2D eigenvalue weighted by molar-refractivity contribution is 7.98. The van der Waals surface area contributed by atoms with E-state index in [0.29, 0.717) is 0 Å². The maximum Gasteiger partial charge on any atom is 0.255 e. The quantitative estimate of drug-likeness (QED) is 0.446. The lowest BCUT2D eigenvalue weighted by Gasteiger charge is -2.31. The van der Waals surface area contributed by atoms with E-state index < -0.39 is 15.9 Å². The van der Waals surface area contributed by atoms with Crippen LogP contribution in [0.25, 0.3) is 0 Å². The number of sulfonamides is 1. The van der Waals surface area contributed by atoms with E-state index in [2.05, 4.69) is 10.5 Å². The molecule has 2 rings (SSSR count). The molecule has 0 bridgehead atoms. The summed E-state index contributed by atoms with van der Waals surface area (Å²) in [5.74, 6) is -0.423. The Balaban J connectivity index is 1.92. The molecule has 6 nitrogen and oxygen atoms in total. The molecule has 0 heterocycles. The average molecular weight is 384 g/mol. The number of nitrogens with one attached hydrogen (secondary N) is 1. The average Bonchev–Trinajstić information content (AvgIpc) is 2.60. The normalized spacial score (nSPS) is 16.4. The highest BCUT2D eigenvalue weighted by Gasteiger charge is 2.29. The van der Waals surface area contributed by atoms with Gasteiger partial charge in [-0.15, -0.1) is 11.8 Å². The fourth-order valence-corrected chi connectivity index (χ4v) is 4.44. The van der Waals surface area contributed by atoms with Gasteiger partial charge in [0.05, 0.1) is 19.0 Å². The second-order valence-corrected chi connectivity index (χ2v) is 8.98. The maximum atomic E-state index is 12.1. The molecule has 8 heteroatoms. The summed E-state index contributed by atoms with van der Waals surface area (Å²) in [7, 11) is -3.43. The molecule has 25 heavy (non-hydrogen) atoms. The van der Waals surface area contributed by atoms with Gasteiger partial charge in [0.1, 0.15) is 0 Å². The lowest BCUT2D eigenvalue weighted by Crippen LogP contribution is -2.45. The van der Waals surface area contributed by atoms with E-state index in [1.54, 1.807) is 18.0 Å². The van der Waals surface area contributed by atoms with E-state index in [4.69, 9.17) is 0 Å². The van der Waals surface area contributed by atoms with E-state index in [1.807, 2.05) is 30.5 Å². The van der Waals surface area contributed by atoms with E-state index in [1.165, 1.54) is 4.31 Å². The molecule has 0 radical (unpaired) electrons. The molecule has 1 aliphatic rings. The number of carbonyl (C=O) groups is 1. The van der Waals surface area contributed by atoms with Crippen molar-refractivity contribution in [2.24, 2.45) is 5.10 Å². The summed E-state index contributed by atoms with van der Waals surface area (Å²) in [6.45, 7) is -0.188. The zero-order valence-electron chi connectivity index (χ0n) is 14.6. The molecule has 138 valence electrons. The van der Waals surface area contributed by atoms with Crippen LogP contribution in [0.1, 0.15) is 37.7 Å². The van der Waals surface area contributed by atoms with Gasteiger partial charge in [0.15, 0.2) is 0 Å². The Bertz CT molecular complexity index is 696. The zero-order chi connectivity index (χ0) is 18.3. The van der Waals surface area contributed by atoms with Gasteiger partial charge in [-0.05, 0) is 36.8 Å². The second-order valence-electron chi connectivity index (χ2n) is 6.17. The van der Waals surface area contributed by atoms with Gasteiger partial charge < -0.3 is 0 Å². The van der Waals surface area contributed by atoms with Gasteiger partial charge in [0.2, 0.25) is 10.0 Å². The molecular weight excluding hydrogens is 358 g/mol. The number of carbonyl (C=O) groups excluding carboxylic acids is 1. The monoisotopic (exact) mass is 383 g/mol. The van der Waals surface area contributed by atoms with E-state index >= 15 is 0 Å². The summed E-state index contributed by atoms with van der Waals surface area (Å²) in [5, 5.41) is 3.92. The third-order valence-electron chi connectivity index (χ3n) is 4.23. The maximum absolute atomic E-state index is 12.1. The van der Waals surface area contributed by atoms with Gasteiger partial charge in [0.25, 0.3) is 5.91 Å². The molecule has 1 aliphatic carbocycles. The summed E-state index contributed by atoms with van der Waals surface area (Å²) < 4.78 is 25.4. The predicted molar refractivity (Wildman–Crippen MR) is 102 cm³/mol. The smallest absolute Gasteiger partial charge is 0.255 e. The minimum Gasteiger partial charge on any atom is -0.272 e. The summed E-state index contributed by atoms with van der Waals surface area (Å²) in [5.41, 5.74) is 3.29. The lowest BCUT2D eigenvalue weighted by molar-refractivity contribution is -0.121. The zero-order valence-corrected chi connectivity index (χ0v) is 16.3. The number of thioether (sulfide) groups is 1. The molecule has 1 aromatic carbocycles. The second kappa shape index (κ2) is 9.35. The predicted octanol–water partition coefficient (Wildman–Crippen LogP) is 2.45. The Morgan fingerprint density at radius 3 is 2.48 bits per heavy atom. The number of hydrogen-bond acceptors (Lipinski definition) is 5. The van der Waals surface area contributed by atoms with Crippen molar-refractivity contribution in [1.82, 2.24) is 9.73 Å². The SMILES string of the molecule is CSc1ccc(C=NNC(=O)CN(C2CCCCC2)S(C)(=O)=O)cc1. The molecule has 1 saturated carbocycles. The molecule has 1 fully saturated rings. The third kappa shape index (κ3) is 6.45. The van der Waals surface area contributed by atoms with E-state index in [0.717, 1.165) is 48.8 Å². The number of hydrogen-bond donors (Lipinski definition) is 1. The lowest BCUT2D eigenvalue weighted by atomic mass is 9.95. The molecule has 1 N–H and O–H groups in total. The third-order valence-corrected chi connectivity index (χ3v) is 6.25. The van der Waals surface area contributed by atoms with Crippen molar-refractivity contribution in [3.63, 3.8) is 0 Å². The van der Waals surface area contributed by atoms with Crippen LogP contribution in [0.15, 0.2) is 34.3 Å². The fourth-order valence-electron chi connectivity index (χ4n) is 2.93. The van der Waals surface area contributed by atoms with Crippen LogP contribution in [0, 0.1) is 0 Å². The van der Waals surface area contributed by atoms with Gasteiger partial charge in [-0.1, -0.05) is 31.4 Å². The van der Waals surface area contributed by atoms with Gasteiger partial charge in [-0.3, -0.25) is 4.79 Å². The Kier molecular flexibility index (Phi) is 7.46. The van der Waals surface area contributed by atoms with Gasteiger partial charge >= 0.3 is 0 Å². The first-order valence-corrected chi connectivity index (χ1v) is 11.4. The van der Waals surface area contributed by atoms with Gasteiger partial charge in [-0.25, -0.2) is 13.8 Å². The summed E-state index contributed by atoms with van der Waals surface area (Å²) in [4.78, 5) is 13.2. The molecular formula is C17H25N3O3S2. The van der Waals surface area contributed by atoms with Crippen LogP contribution >= 0.6 is 11.8 Å². The highest BCUT2D eigenvalue weighted by Crippen LogP contribution is 2.24. The van der Waals surface area contributed by atoms with Crippen molar-refractivity contribution in [2.75, 3.05) is 19.1 Å². The van der Waals surface area contributed by atoms with Gasteiger partial charge in [0, 0.05) is 10.9 Å².